The third-order valence-electron chi connectivity index (χ3n) is 2.23. The second-order valence-corrected chi connectivity index (χ2v) is 3.25. The summed E-state index contributed by atoms with van der Waals surface area (Å²) < 4.78 is 1.71. The van der Waals surface area contributed by atoms with E-state index in [9.17, 15) is 4.79 Å². The maximum Gasteiger partial charge on any atom is 0.337 e. The van der Waals surface area contributed by atoms with E-state index in [1.54, 1.807) is 35.4 Å². The second-order valence-electron chi connectivity index (χ2n) is 3.25. The number of aromatic nitrogens is 2. The lowest BCUT2D eigenvalue weighted by Gasteiger charge is -2.09. The van der Waals surface area contributed by atoms with Gasteiger partial charge in [0.15, 0.2) is 0 Å². The Hall–Kier alpha value is -2.10. The normalized spacial score (nSPS) is 10.2. The first-order chi connectivity index (χ1) is 7.20. The summed E-state index contributed by atoms with van der Waals surface area (Å²) in [4.78, 5) is 14.9. The molecule has 0 saturated carbocycles. The van der Waals surface area contributed by atoms with Crippen LogP contribution in [-0.4, -0.2) is 20.6 Å². The Labute approximate surface area is 86.8 Å². The molecule has 0 amide bonds. The number of aryl methyl sites for hydroxylation is 1. The zero-order valence-corrected chi connectivity index (χ0v) is 8.21. The monoisotopic (exact) mass is 202 g/mol. The van der Waals surface area contributed by atoms with Gasteiger partial charge in [0.1, 0.15) is 0 Å². The average molecular weight is 202 g/mol. The molecule has 0 unspecified atom stereocenters. The number of rotatable bonds is 2. The van der Waals surface area contributed by atoms with E-state index in [4.69, 9.17) is 5.11 Å². The molecule has 4 heteroatoms. The van der Waals surface area contributed by atoms with Crippen LogP contribution in [0.25, 0.3) is 5.69 Å². The number of carboxylic acids is 1. The van der Waals surface area contributed by atoms with E-state index in [0.29, 0.717) is 5.69 Å². The number of carboxylic acid groups (broad SMARTS) is 1. The van der Waals surface area contributed by atoms with Crippen molar-refractivity contribution in [3.8, 4) is 5.69 Å². The predicted molar refractivity (Wildman–Crippen MR) is 55.3 cm³/mol. The van der Waals surface area contributed by atoms with Crippen molar-refractivity contribution < 1.29 is 9.90 Å². The van der Waals surface area contributed by atoms with E-state index < -0.39 is 5.97 Å². The molecular formula is C11H10N2O2. The number of hydrogen-bond donors (Lipinski definition) is 1. The maximum atomic E-state index is 11.0. The summed E-state index contributed by atoms with van der Waals surface area (Å²) in [6.45, 7) is 1.88. The molecule has 1 heterocycles. The highest BCUT2D eigenvalue weighted by atomic mass is 16.4. The van der Waals surface area contributed by atoms with Gasteiger partial charge in [-0.15, -0.1) is 0 Å². The molecule has 0 spiro atoms. The van der Waals surface area contributed by atoms with Crippen molar-refractivity contribution in [1.29, 1.82) is 0 Å². The molecule has 2 rings (SSSR count). The van der Waals surface area contributed by atoms with Gasteiger partial charge in [-0.2, -0.15) is 0 Å². The van der Waals surface area contributed by atoms with E-state index in [2.05, 4.69) is 4.98 Å². The Morgan fingerprint density at radius 1 is 1.47 bits per heavy atom. The lowest BCUT2D eigenvalue weighted by molar-refractivity contribution is 0.0697. The maximum absolute atomic E-state index is 11.0. The largest absolute Gasteiger partial charge is 0.478 e. The van der Waals surface area contributed by atoms with Crippen LogP contribution in [0, 0.1) is 6.92 Å². The van der Waals surface area contributed by atoms with Gasteiger partial charge >= 0.3 is 5.97 Å². The molecule has 1 aromatic heterocycles. The van der Waals surface area contributed by atoms with Crippen LogP contribution in [0.4, 0.5) is 0 Å². The number of imidazole rings is 1. The fourth-order valence-electron chi connectivity index (χ4n) is 1.57. The van der Waals surface area contributed by atoms with Gasteiger partial charge in [-0.3, -0.25) is 0 Å². The lowest BCUT2D eigenvalue weighted by Crippen LogP contribution is -2.05. The number of para-hydroxylation sites is 1. The summed E-state index contributed by atoms with van der Waals surface area (Å²) in [7, 11) is 0. The number of nitrogens with zero attached hydrogens (tertiary/aromatic N) is 2. The van der Waals surface area contributed by atoms with Gasteiger partial charge < -0.3 is 9.67 Å². The van der Waals surface area contributed by atoms with Gasteiger partial charge in [0, 0.05) is 12.4 Å². The number of aromatic carboxylic acids is 1. The minimum absolute atomic E-state index is 0.285. The first kappa shape index (κ1) is 9.45. The molecule has 0 bridgehead atoms. The van der Waals surface area contributed by atoms with Crippen LogP contribution < -0.4 is 0 Å². The quantitative estimate of drug-likeness (QED) is 0.808. The predicted octanol–water partition coefficient (Wildman–Crippen LogP) is 1.88. The van der Waals surface area contributed by atoms with Gasteiger partial charge in [0.2, 0.25) is 0 Å². The highest BCUT2D eigenvalue weighted by Crippen LogP contribution is 2.18. The second kappa shape index (κ2) is 3.57. The molecule has 0 aliphatic heterocycles. The third kappa shape index (κ3) is 1.61. The summed E-state index contributed by atoms with van der Waals surface area (Å²) in [5.41, 5.74) is 1.86. The standard InChI is InChI=1S/C11H10N2O2/c1-8-3-2-4-9(11(14)15)10(8)13-6-5-12-7-13/h2-7H,1H3,(H,14,15). The zero-order chi connectivity index (χ0) is 10.8. The van der Waals surface area contributed by atoms with Crippen molar-refractivity contribution >= 4 is 5.97 Å². The van der Waals surface area contributed by atoms with Crippen LogP contribution >= 0.6 is 0 Å². The SMILES string of the molecule is Cc1cccc(C(=O)O)c1-n1ccnc1. The molecule has 15 heavy (non-hydrogen) atoms. The molecule has 4 nitrogen and oxygen atoms in total. The molecule has 0 aliphatic carbocycles. The fourth-order valence-corrected chi connectivity index (χ4v) is 1.57. The van der Waals surface area contributed by atoms with Gasteiger partial charge in [0.25, 0.3) is 0 Å². The first-order valence-electron chi connectivity index (χ1n) is 4.51. The van der Waals surface area contributed by atoms with Crippen molar-refractivity contribution in [2.45, 2.75) is 6.92 Å². The molecule has 0 radical (unpaired) electrons. The van der Waals surface area contributed by atoms with Crippen LogP contribution in [0.1, 0.15) is 15.9 Å². The van der Waals surface area contributed by atoms with Gasteiger partial charge in [-0.25, -0.2) is 9.78 Å². The molecule has 0 fully saturated rings. The Morgan fingerprint density at radius 3 is 2.87 bits per heavy atom. The highest BCUT2D eigenvalue weighted by molar-refractivity contribution is 5.92. The van der Waals surface area contributed by atoms with Crippen LogP contribution in [0.15, 0.2) is 36.9 Å². The molecule has 0 saturated heterocycles. The van der Waals surface area contributed by atoms with E-state index in [0.717, 1.165) is 5.56 Å². The highest BCUT2D eigenvalue weighted by Gasteiger charge is 2.12. The van der Waals surface area contributed by atoms with Crippen LogP contribution in [0.5, 0.6) is 0 Å². The summed E-state index contributed by atoms with van der Waals surface area (Å²) in [5, 5.41) is 9.06. The summed E-state index contributed by atoms with van der Waals surface area (Å²) in [6, 6.07) is 5.20. The van der Waals surface area contributed by atoms with E-state index in [-0.39, 0.29) is 5.56 Å². The van der Waals surface area contributed by atoms with Gasteiger partial charge in [0.05, 0.1) is 17.6 Å². The molecular weight excluding hydrogens is 192 g/mol. The summed E-state index contributed by atoms with van der Waals surface area (Å²) in [6.07, 6.45) is 4.95. The minimum Gasteiger partial charge on any atom is -0.478 e. The van der Waals surface area contributed by atoms with Crippen molar-refractivity contribution in [3.63, 3.8) is 0 Å². The van der Waals surface area contributed by atoms with Gasteiger partial charge in [-0.1, -0.05) is 12.1 Å². The van der Waals surface area contributed by atoms with Crippen LogP contribution in [-0.2, 0) is 0 Å². The Kier molecular flexibility index (Phi) is 2.25. The molecule has 76 valence electrons. The fraction of sp³-hybridized carbons (Fsp3) is 0.0909. The molecule has 1 aromatic carbocycles. The Bertz CT molecular complexity index is 489. The van der Waals surface area contributed by atoms with Crippen molar-refractivity contribution in [2.75, 3.05) is 0 Å². The molecule has 1 N–H and O–H groups in total. The minimum atomic E-state index is -0.928. The summed E-state index contributed by atoms with van der Waals surface area (Å²) >= 11 is 0. The Balaban J connectivity index is 2.68. The number of benzene rings is 1. The first-order valence-corrected chi connectivity index (χ1v) is 4.51. The smallest absolute Gasteiger partial charge is 0.337 e. The van der Waals surface area contributed by atoms with Crippen molar-refractivity contribution in [2.24, 2.45) is 0 Å². The molecule has 2 aromatic rings. The van der Waals surface area contributed by atoms with Gasteiger partial charge in [-0.05, 0) is 18.6 Å². The van der Waals surface area contributed by atoms with Crippen molar-refractivity contribution in [1.82, 2.24) is 9.55 Å². The molecule has 0 atom stereocenters. The van der Waals surface area contributed by atoms with Crippen molar-refractivity contribution in [3.05, 3.63) is 48.0 Å². The topological polar surface area (TPSA) is 55.1 Å². The van der Waals surface area contributed by atoms with E-state index >= 15 is 0 Å². The zero-order valence-electron chi connectivity index (χ0n) is 8.21. The molecule has 0 aliphatic rings. The lowest BCUT2D eigenvalue weighted by atomic mass is 10.1. The third-order valence-corrected chi connectivity index (χ3v) is 2.23. The van der Waals surface area contributed by atoms with Crippen LogP contribution in [0.3, 0.4) is 0 Å². The Morgan fingerprint density at radius 2 is 2.27 bits per heavy atom. The van der Waals surface area contributed by atoms with E-state index in [1.165, 1.54) is 0 Å². The average Bonchev–Trinajstić information content (AvgIpc) is 2.70. The number of hydrogen-bond acceptors (Lipinski definition) is 2. The summed E-state index contributed by atoms with van der Waals surface area (Å²) in [5.74, 6) is -0.928. The van der Waals surface area contributed by atoms with E-state index in [1.807, 2.05) is 13.0 Å². The van der Waals surface area contributed by atoms with Crippen LogP contribution in [0.2, 0.25) is 0 Å². The number of carbonyl (C=O) groups is 1.